The molecule has 1 heterocycles. The molecule has 2 unspecified atom stereocenters. The Hall–Kier alpha value is 0.177. The van der Waals surface area contributed by atoms with Crippen molar-refractivity contribution in [2.45, 2.75) is 26.1 Å². The van der Waals surface area contributed by atoms with Crippen molar-refractivity contribution in [1.82, 2.24) is 0 Å². The maximum absolute atomic E-state index is 4.92. The number of hydrogen-bond donors (Lipinski definition) is 0. The first-order valence-electron chi connectivity index (χ1n) is 1.96. The number of epoxide rings is 1. The van der Waals surface area contributed by atoms with Crippen LogP contribution in [0.1, 0.15) is 13.8 Å². The molecule has 1 aliphatic heterocycles. The minimum absolute atomic E-state index is 0. The molecule has 6 heavy (non-hydrogen) atoms. The molecule has 1 nitrogen and oxygen atoms in total. The predicted octanol–water partition coefficient (Wildman–Crippen LogP) is 0.413. The van der Waals surface area contributed by atoms with Crippen molar-refractivity contribution in [2.75, 3.05) is 0 Å². The van der Waals surface area contributed by atoms with Gasteiger partial charge in [-0.25, -0.2) is 0 Å². The molecule has 2 atom stereocenters. The van der Waals surface area contributed by atoms with E-state index in [1.54, 1.807) is 0 Å². The van der Waals surface area contributed by atoms with Crippen molar-refractivity contribution in [3.8, 4) is 0 Å². The first-order chi connectivity index (χ1) is 2.30. The van der Waals surface area contributed by atoms with Crippen LogP contribution in [0, 0.1) is 0 Å². The van der Waals surface area contributed by atoms with Gasteiger partial charge in [0, 0.05) is 11.0 Å². The van der Waals surface area contributed by atoms with Gasteiger partial charge in [0.1, 0.15) is 0 Å². The molecule has 0 amide bonds. The quantitative estimate of drug-likeness (QED) is 0.317. The van der Waals surface area contributed by atoms with Gasteiger partial charge in [0.2, 0.25) is 0 Å². The van der Waals surface area contributed by atoms with Crippen molar-refractivity contribution in [3.63, 3.8) is 0 Å². The molecule has 34 valence electrons. The SMILES string of the molecule is CC1OC1C.[Si]. The van der Waals surface area contributed by atoms with Crippen molar-refractivity contribution < 1.29 is 4.74 Å². The summed E-state index contributed by atoms with van der Waals surface area (Å²) in [6.45, 7) is 4.15. The second kappa shape index (κ2) is 1.75. The lowest BCUT2D eigenvalue weighted by Gasteiger charge is -1.57. The van der Waals surface area contributed by atoms with Gasteiger partial charge >= 0.3 is 0 Å². The zero-order chi connectivity index (χ0) is 3.86. The second-order valence-electron chi connectivity index (χ2n) is 1.55. The highest BCUT2D eigenvalue weighted by Gasteiger charge is 2.27. The van der Waals surface area contributed by atoms with Crippen LogP contribution in [0.4, 0.5) is 0 Å². The van der Waals surface area contributed by atoms with Crippen LogP contribution < -0.4 is 0 Å². The van der Waals surface area contributed by atoms with Crippen LogP contribution in [0.25, 0.3) is 0 Å². The fourth-order valence-electron chi connectivity index (χ4n) is 0.293. The zero-order valence-corrected chi connectivity index (χ0v) is 5.06. The van der Waals surface area contributed by atoms with Crippen LogP contribution in [0.2, 0.25) is 0 Å². The van der Waals surface area contributed by atoms with Crippen molar-refractivity contribution in [2.24, 2.45) is 0 Å². The van der Waals surface area contributed by atoms with E-state index in [1.807, 2.05) is 0 Å². The highest BCUT2D eigenvalue weighted by Crippen LogP contribution is 2.18. The van der Waals surface area contributed by atoms with Crippen LogP contribution in [0.3, 0.4) is 0 Å². The molecular formula is C4H8OSi. The summed E-state index contributed by atoms with van der Waals surface area (Å²) < 4.78 is 4.92. The summed E-state index contributed by atoms with van der Waals surface area (Å²) in [5.41, 5.74) is 0. The Kier molecular flexibility index (Phi) is 1.81. The summed E-state index contributed by atoms with van der Waals surface area (Å²) >= 11 is 0. The van der Waals surface area contributed by atoms with Crippen molar-refractivity contribution >= 4 is 11.0 Å². The Balaban J connectivity index is 0.000000250. The molecular weight excluding hydrogens is 92.1 g/mol. The number of rotatable bonds is 0. The maximum Gasteiger partial charge on any atom is 0.0811 e. The molecule has 0 spiro atoms. The molecule has 0 N–H and O–H groups in total. The number of ether oxygens (including phenoxy) is 1. The normalized spacial score (nSPS) is 41.0. The van der Waals surface area contributed by atoms with E-state index in [-0.39, 0.29) is 11.0 Å². The van der Waals surface area contributed by atoms with Gasteiger partial charge in [0.05, 0.1) is 12.2 Å². The fourth-order valence-corrected chi connectivity index (χ4v) is 0.293. The molecule has 1 fully saturated rings. The summed E-state index contributed by atoms with van der Waals surface area (Å²) in [7, 11) is 0. The predicted molar refractivity (Wildman–Crippen MR) is 25.8 cm³/mol. The summed E-state index contributed by atoms with van der Waals surface area (Å²) in [6.07, 6.45) is 1.10. The Bertz CT molecular complexity index is 40.8. The van der Waals surface area contributed by atoms with E-state index in [4.69, 9.17) is 4.74 Å². The Morgan fingerprint density at radius 1 is 1.17 bits per heavy atom. The summed E-state index contributed by atoms with van der Waals surface area (Å²) in [6, 6.07) is 0. The van der Waals surface area contributed by atoms with Crippen molar-refractivity contribution in [1.29, 1.82) is 0 Å². The van der Waals surface area contributed by atoms with E-state index >= 15 is 0 Å². The average Bonchev–Trinajstić information content (AvgIpc) is 1.79. The molecule has 0 aromatic rings. The van der Waals surface area contributed by atoms with E-state index in [2.05, 4.69) is 13.8 Å². The van der Waals surface area contributed by atoms with E-state index in [1.165, 1.54) is 0 Å². The number of hydrogen-bond acceptors (Lipinski definition) is 1. The van der Waals surface area contributed by atoms with Gasteiger partial charge in [-0.15, -0.1) is 0 Å². The third-order valence-electron chi connectivity index (χ3n) is 1.01. The molecule has 0 aromatic heterocycles. The molecule has 1 aliphatic rings. The van der Waals surface area contributed by atoms with E-state index < -0.39 is 0 Å². The van der Waals surface area contributed by atoms with Gasteiger partial charge < -0.3 is 4.74 Å². The first kappa shape index (κ1) is 6.18. The van der Waals surface area contributed by atoms with E-state index in [0.717, 1.165) is 0 Å². The summed E-state index contributed by atoms with van der Waals surface area (Å²) in [5, 5.41) is 0. The van der Waals surface area contributed by atoms with E-state index in [9.17, 15) is 0 Å². The first-order valence-corrected chi connectivity index (χ1v) is 1.96. The molecule has 1 saturated heterocycles. The summed E-state index contributed by atoms with van der Waals surface area (Å²) in [5.74, 6) is 0. The summed E-state index contributed by atoms with van der Waals surface area (Å²) in [4.78, 5) is 0. The lowest BCUT2D eigenvalue weighted by atomic mass is 10.4. The van der Waals surface area contributed by atoms with Gasteiger partial charge in [-0.2, -0.15) is 0 Å². The highest BCUT2D eigenvalue weighted by molar-refractivity contribution is 5.75. The Morgan fingerprint density at radius 2 is 1.33 bits per heavy atom. The van der Waals surface area contributed by atoms with Crippen LogP contribution in [0.15, 0.2) is 0 Å². The largest absolute Gasteiger partial charge is 0.370 e. The molecule has 1 rings (SSSR count). The Labute approximate surface area is 42.7 Å². The second-order valence-corrected chi connectivity index (χ2v) is 1.55. The van der Waals surface area contributed by atoms with Gasteiger partial charge in [0.15, 0.2) is 0 Å². The molecule has 0 aromatic carbocycles. The van der Waals surface area contributed by atoms with Gasteiger partial charge in [-0.05, 0) is 13.8 Å². The highest BCUT2D eigenvalue weighted by atomic mass is 28.1. The zero-order valence-electron chi connectivity index (χ0n) is 4.06. The lowest BCUT2D eigenvalue weighted by Crippen LogP contribution is -1.74. The van der Waals surface area contributed by atoms with Crippen LogP contribution in [-0.2, 0) is 4.74 Å². The average molecular weight is 100 g/mol. The topological polar surface area (TPSA) is 12.5 Å². The fraction of sp³-hybridized carbons (Fsp3) is 1.00. The maximum atomic E-state index is 4.92. The van der Waals surface area contributed by atoms with Gasteiger partial charge in [0.25, 0.3) is 0 Å². The van der Waals surface area contributed by atoms with E-state index in [0.29, 0.717) is 12.2 Å². The lowest BCUT2D eigenvalue weighted by molar-refractivity contribution is 0.389. The minimum atomic E-state index is 0. The minimum Gasteiger partial charge on any atom is -0.370 e. The van der Waals surface area contributed by atoms with Gasteiger partial charge in [-0.1, -0.05) is 0 Å². The molecule has 0 saturated carbocycles. The monoisotopic (exact) mass is 100 g/mol. The van der Waals surface area contributed by atoms with Crippen LogP contribution in [-0.4, -0.2) is 23.2 Å². The van der Waals surface area contributed by atoms with Gasteiger partial charge in [-0.3, -0.25) is 0 Å². The molecule has 2 heteroatoms. The Morgan fingerprint density at radius 3 is 1.33 bits per heavy atom. The van der Waals surface area contributed by atoms with Crippen molar-refractivity contribution in [3.05, 3.63) is 0 Å². The smallest absolute Gasteiger partial charge is 0.0811 e. The molecule has 4 radical (unpaired) electrons. The third-order valence-corrected chi connectivity index (χ3v) is 1.01. The molecule has 0 bridgehead atoms. The van der Waals surface area contributed by atoms with Crippen LogP contribution in [0.5, 0.6) is 0 Å². The molecule has 0 aliphatic carbocycles. The third kappa shape index (κ3) is 1.10. The standard InChI is InChI=1S/C4H8O.Si/c1-3-4(2)5-3;/h3-4H,1-2H3;. The van der Waals surface area contributed by atoms with Crippen LogP contribution >= 0.6 is 0 Å².